The van der Waals surface area contributed by atoms with Crippen LogP contribution in [0, 0.1) is 5.41 Å². The first kappa shape index (κ1) is 13.5. The molecule has 0 spiro atoms. The predicted octanol–water partition coefficient (Wildman–Crippen LogP) is 0.530. The summed E-state index contributed by atoms with van der Waals surface area (Å²) >= 11 is 0. The van der Waals surface area contributed by atoms with E-state index >= 15 is 0 Å². The highest BCUT2D eigenvalue weighted by Crippen LogP contribution is 2.46. The van der Waals surface area contributed by atoms with Gasteiger partial charge in [-0.15, -0.1) is 0 Å². The van der Waals surface area contributed by atoms with E-state index < -0.39 is 36.1 Å². The highest BCUT2D eigenvalue weighted by atomic mass is 19.3. The number of carbonyl (C=O) groups is 1. The Kier molecular flexibility index (Phi) is 3.48. The van der Waals surface area contributed by atoms with E-state index in [2.05, 4.69) is 5.16 Å². The number of nitrogens with two attached hydrogens (primary N) is 1. The van der Waals surface area contributed by atoms with Crippen LogP contribution in [0.15, 0.2) is 5.16 Å². The molecule has 1 aliphatic carbocycles. The monoisotopic (exact) mass is 257 g/mol. The van der Waals surface area contributed by atoms with Crippen LogP contribution < -0.4 is 11.1 Å². The van der Waals surface area contributed by atoms with Crippen LogP contribution in [0.5, 0.6) is 0 Å². The number of hydrogen-bond donors (Lipinski definition) is 3. The Labute approximate surface area is 93.6 Å². The third-order valence-corrected chi connectivity index (χ3v) is 2.59. The lowest BCUT2D eigenvalue weighted by atomic mass is 10.1. The van der Waals surface area contributed by atoms with Gasteiger partial charge in [-0.1, -0.05) is 5.16 Å². The number of nitrogens with zero attached hydrogens (tertiary/aromatic N) is 1. The predicted molar refractivity (Wildman–Crippen MR) is 49.0 cm³/mol. The Morgan fingerprint density at radius 3 is 2.41 bits per heavy atom. The van der Waals surface area contributed by atoms with Crippen LogP contribution in [0.2, 0.25) is 0 Å². The van der Waals surface area contributed by atoms with E-state index in [-0.39, 0.29) is 12.8 Å². The second-order valence-electron chi connectivity index (χ2n) is 3.81. The molecule has 1 aliphatic rings. The molecule has 0 heterocycles. The van der Waals surface area contributed by atoms with Crippen molar-refractivity contribution in [3.05, 3.63) is 0 Å². The van der Waals surface area contributed by atoms with E-state index in [0.717, 1.165) is 0 Å². The normalized spacial score (nSPS) is 19.2. The lowest BCUT2D eigenvalue weighted by Gasteiger charge is -2.18. The molecule has 0 radical (unpaired) electrons. The van der Waals surface area contributed by atoms with Crippen LogP contribution >= 0.6 is 0 Å². The number of rotatable bonds is 5. The number of oxime groups is 1. The van der Waals surface area contributed by atoms with E-state index in [1.165, 1.54) is 0 Å². The molecule has 1 amide bonds. The molecule has 5 nitrogen and oxygen atoms in total. The molecule has 0 bridgehead atoms. The van der Waals surface area contributed by atoms with Gasteiger partial charge in [-0.05, 0) is 12.8 Å². The van der Waals surface area contributed by atoms with Crippen molar-refractivity contribution in [2.24, 2.45) is 16.3 Å². The minimum atomic E-state index is -4.29. The molecule has 0 aromatic rings. The summed E-state index contributed by atoms with van der Waals surface area (Å²) < 4.78 is 48.7. The van der Waals surface area contributed by atoms with Crippen molar-refractivity contribution in [1.29, 1.82) is 0 Å². The van der Waals surface area contributed by atoms with Crippen molar-refractivity contribution in [2.45, 2.75) is 25.2 Å². The van der Waals surface area contributed by atoms with Crippen molar-refractivity contribution < 1.29 is 27.6 Å². The molecule has 0 aromatic heterocycles. The summed E-state index contributed by atoms with van der Waals surface area (Å²) in [5, 5.41) is 12.7. The van der Waals surface area contributed by atoms with Gasteiger partial charge in [-0.25, -0.2) is 8.78 Å². The highest BCUT2D eigenvalue weighted by molar-refractivity contribution is 6.09. The summed E-state index contributed by atoms with van der Waals surface area (Å²) in [5.41, 5.74) is 3.89. The molecular weight excluding hydrogens is 246 g/mol. The second kappa shape index (κ2) is 4.38. The van der Waals surface area contributed by atoms with Gasteiger partial charge < -0.3 is 16.3 Å². The quantitative estimate of drug-likeness (QED) is 0.221. The van der Waals surface area contributed by atoms with E-state index in [0.29, 0.717) is 0 Å². The fraction of sp³-hybridized carbons (Fsp3) is 0.750. The molecular formula is C8H11F4N3O2. The van der Waals surface area contributed by atoms with E-state index in [4.69, 9.17) is 10.9 Å². The zero-order chi connectivity index (χ0) is 13.3. The summed E-state index contributed by atoms with van der Waals surface area (Å²) in [4.78, 5) is 11.4. The lowest BCUT2D eigenvalue weighted by molar-refractivity contribution is -0.138. The van der Waals surface area contributed by atoms with Crippen LogP contribution in [-0.2, 0) is 4.79 Å². The Bertz CT molecular complexity index is 342. The van der Waals surface area contributed by atoms with Gasteiger partial charge >= 0.3 is 12.3 Å². The van der Waals surface area contributed by atoms with Crippen molar-refractivity contribution in [1.82, 2.24) is 5.32 Å². The molecule has 98 valence electrons. The highest BCUT2D eigenvalue weighted by Gasteiger charge is 2.55. The summed E-state index contributed by atoms with van der Waals surface area (Å²) in [6.07, 6.45) is -3.40. The molecule has 1 saturated carbocycles. The smallest absolute Gasteiger partial charge is 0.324 e. The molecule has 4 N–H and O–H groups in total. The maximum atomic E-state index is 12.5. The van der Waals surface area contributed by atoms with Crippen molar-refractivity contribution >= 4 is 11.7 Å². The summed E-state index contributed by atoms with van der Waals surface area (Å²) in [7, 11) is 0. The number of halogens is 4. The van der Waals surface area contributed by atoms with Gasteiger partial charge in [0.2, 0.25) is 5.91 Å². The van der Waals surface area contributed by atoms with Gasteiger partial charge in [0.05, 0.1) is 6.54 Å². The second-order valence-corrected chi connectivity index (χ2v) is 3.81. The first-order chi connectivity index (χ1) is 7.76. The first-order valence-electron chi connectivity index (χ1n) is 4.68. The number of amidine groups is 1. The Morgan fingerprint density at radius 2 is 2.06 bits per heavy atom. The van der Waals surface area contributed by atoms with Gasteiger partial charge in [0.1, 0.15) is 5.41 Å². The van der Waals surface area contributed by atoms with Crippen molar-refractivity contribution in [3.63, 3.8) is 0 Å². The topological polar surface area (TPSA) is 87.7 Å². The van der Waals surface area contributed by atoms with E-state index in [1.54, 1.807) is 5.32 Å². The largest absolute Gasteiger partial charge is 0.409 e. The SMILES string of the molecule is NC(=NO)C1(C(=O)NCC(F)(F)C(F)F)CC1. The third kappa shape index (κ3) is 2.59. The van der Waals surface area contributed by atoms with Crippen LogP contribution in [0.4, 0.5) is 17.6 Å². The van der Waals surface area contributed by atoms with Crippen LogP contribution in [0.1, 0.15) is 12.8 Å². The molecule has 0 atom stereocenters. The number of nitrogens with one attached hydrogen (secondary N) is 1. The Hall–Kier alpha value is -1.54. The van der Waals surface area contributed by atoms with E-state index in [9.17, 15) is 22.4 Å². The third-order valence-electron chi connectivity index (χ3n) is 2.59. The van der Waals surface area contributed by atoms with Gasteiger partial charge in [0.15, 0.2) is 5.84 Å². The zero-order valence-corrected chi connectivity index (χ0v) is 8.59. The zero-order valence-electron chi connectivity index (χ0n) is 8.59. The Balaban J connectivity index is 2.58. The fourth-order valence-electron chi connectivity index (χ4n) is 1.26. The van der Waals surface area contributed by atoms with Crippen molar-refractivity contribution in [3.8, 4) is 0 Å². The molecule has 0 aliphatic heterocycles. The van der Waals surface area contributed by atoms with Crippen LogP contribution in [-0.4, -0.2) is 35.8 Å². The van der Waals surface area contributed by atoms with Gasteiger partial charge in [-0.2, -0.15) is 8.78 Å². The standard InChI is InChI=1S/C8H11F4N3O2/c9-4(10)8(11,12)3-14-6(16)7(1-2-7)5(13)15-17/h4,17H,1-3H2,(H2,13,15)(H,14,16). The summed E-state index contributed by atoms with van der Waals surface area (Å²) in [5.74, 6) is -5.64. The van der Waals surface area contributed by atoms with Gasteiger partial charge in [-0.3, -0.25) is 4.79 Å². The number of amides is 1. The van der Waals surface area contributed by atoms with Crippen LogP contribution in [0.3, 0.4) is 0 Å². The number of alkyl halides is 4. The average Bonchev–Trinajstić information content (AvgIpc) is 3.05. The molecule has 1 rings (SSSR count). The molecule has 17 heavy (non-hydrogen) atoms. The average molecular weight is 257 g/mol. The maximum Gasteiger partial charge on any atom is 0.324 e. The van der Waals surface area contributed by atoms with E-state index in [1.807, 2.05) is 0 Å². The summed E-state index contributed by atoms with van der Waals surface area (Å²) in [6, 6.07) is 0. The molecule has 0 unspecified atom stereocenters. The lowest BCUT2D eigenvalue weighted by Crippen LogP contribution is -2.47. The molecule has 9 heteroatoms. The maximum absolute atomic E-state index is 12.5. The van der Waals surface area contributed by atoms with Gasteiger partial charge in [0, 0.05) is 0 Å². The molecule has 1 fully saturated rings. The number of carbonyl (C=O) groups excluding carboxylic acids is 1. The van der Waals surface area contributed by atoms with Crippen LogP contribution in [0.25, 0.3) is 0 Å². The summed E-state index contributed by atoms with van der Waals surface area (Å²) in [6.45, 7) is -1.48. The van der Waals surface area contributed by atoms with Gasteiger partial charge in [0.25, 0.3) is 0 Å². The number of hydrogen-bond acceptors (Lipinski definition) is 3. The minimum absolute atomic E-state index is 0.231. The van der Waals surface area contributed by atoms with Crippen molar-refractivity contribution in [2.75, 3.05) is 6.54 Å². The molecule has 0 aromatic carbocycles. The Morgan fingerprint density at radius 1 is 1.53 bits per heavy atom. The molecule has 0 saturated heterocycles. The first-order valence-corrected chi connectivity index (χ1v) is 4.68. The minimum Gasteiger partial charge on any atom is -0.409 e. The fourth-order valence-corrected chi connectivity index (χ4v) is 1.26.